The molecule has 2 aliphatic heterocycles. The molecular formula is C24H29N5O3. The van der Waals surface area contributed by atoms with E-state index in [-0.39, 0.29) is 11.4 Å². The number of anilines is 1. The number of fused-ring (bicyclic) bond motifs is 4. The molecule has 8 nitrogen and oxygen atoms in total. The molecule has 168 valence electrons. The summed E-state index contributed by atoms with van der Waals surface area (Å²) in [7, 11) is 1.72. The van der Waals surface area contributed by atoms with Crippen LogP contribution >= 0.6 is 0 Å². The van der Waals surface area contributed by atoms with Crippen molar-refractivity contribution in [3.63, 3.8) is 0 Å². The Balaban J connectivity index is 1.55. The second-order valence-electron chi connectivity index (χ2n) is 8.58. The number of pyridine rings is 1. The first kappa shape index (κ1) is 20.8. The van der Waals surface area contributed by atoms with Crippen molar-refractivity contribution in [2.45, 2.75) is 38.6 Å². The number of aryl methyl sites for hydroxylation is 2. The van der Waals surface area contributed by atoms with E-state index in [0.29, 0.717) is 43.1 Å². The zero-order chi connectivity index (χ0) is 22.3. The minimum Gasteiger partial charge on any atom is -0.383 e. The fraction of sp³-hybridized carbons (Fsp3) is 0.458. The maximum atomic E-state index is 13.6. The zero-order valence-corrected chi connectivity index (χ0v) is 18.9. The molecule has 5 rings (SSSR count). The molecule has 0 unspecified atom stereocenters. The van der Waals surface area contributed by atoms with Gasteiger partial charge in [0.25, 0.3) is 5.91 Å². The quantitative estimate of drug-likeness (QED) is 0.591. The first-order valence-corrected chi connectivity index (χ1v) is 11.2. The molecule has 1 amide bonds. The Morgan fingerprint density at radius 1 is 1.31 bits per heavy atom. The highest BCUT2D eigenvalue weighted by molar-refractivity contribution is 5.96. The van der Waals surface area contributed by atoms with Crippen LogP contribution in [0.5, 0.6) is 0 Å². The van der Waals surface area contributed by atoms with Crippen molar-refractivity contribution >= 4 is 11.6 Å². The van der Waals surface area contributed by atoms with Crippen molar-refractivity contribution in [1.29, 1.82) is 0 Å². The van der Waals surface area contributed by atoms with Crippen LogP contribution in [0.2, 0.25) is 0 Å². The summed E-state index contributed by atoms with van der Waals surface area (Å²) in [6.07, 6.45) is 6.33. The summed E-state index contributed by atoms with van der Waals surface area (Å²) in [5.74, 6) is 1.61. The summed E-state index contributed by atoms with van der Waals surface area (Å²) in [5.41, 5.74) is 3.17. The van der Waals surface area contributed by atoms with E-state index in [0.717, 1.165) is 36.6 Å². The lowest BCUT2D eigenvalue weighted by Crippen LogP contribution is -2.53. The summed E-state index contributed by atoms with van der Waals surface area (Å²) in [6, 6.07) is 8.29. The molecule has 0 bridgehead atoms. The van der Waals surface area contributed by atoms with Crippen LogP contribution in [0.1, 0.15) is 47.3 Å². The van der Waals surface area contributed by atoms with Crippen LogP contribution in [0.4, 0.5) is 5.69 Å². The highest BCUT2D eigenvalue weighted by Gasteiger charge is 2.51. The minimum absolute atomic E-state index is 0.00542. The van der Waals surface area contributed by atoms with Gasteiger partial charge in [-0.1, -0.05) is 12.1 Å². The molecular weight excluding hydrogens is 406 g/mol. The van der Waals surface area contributed by atoms with Crippen molar-refractivity contribution in [3.8, 4) is 5.82 Å². The minimum atomic E-state index is -0.344. The Labute approximate surface area is 187 Å². The highest BCUT2D eigenvalue weighted by atomic mass is 16.5. The van der Waals surface area contributed by atoms with E-state index in [4.69, 9.17) is 9.26 Å². The summed E-state index contributed by atoms with van der Waals surface area (Å²) in [5, 5.41) is 4.08. The maximum absolute atomic E-state index is 13.6. The van der Waals surface area contributed by atoms with Crippen LogP contribution in [0.25, 0.3) is 5.82 Å². The fourth-order valence-electron chi connectivity index (χ4n) is 5.26. The van der Waals surface area contributed by atoms with Crippen LogP contribution in [0.15, 0.2) is 41.2 Å². The Bertz CT molecular complexity index is 1140. The van der Waals surface area contributed by atoms with Crippen LogP contribution < -0.4 is 4.90 Å². The SMILES string of the molecule is CCCc1onc(C)c1C(=O)N1CC[C@@]2(C1)c1cccn1-c1ncccc1N2CCOC. The van der Waals surface area contributed by atoms with Crippen molar-refractivity contribution in [2.24, 2.45) is 0 Å². The van der Waals surface area contributed by atoms with Crippen molar-refractivity contribution in [3.05, 3.63) is 59.4 Å². The van der Waals surface area contributed by atoms with Crippen LogP contribution in [-0.4, -0.2) is 58.9 Å². The topological polar surface area (TPSA) is 76.6 Å². The summed E-state index contributed by atoms with van der Waals surface area (Å²) < 4.78 is 13.1. The second kappa shape index (κ2) is 8.09. The van der Waals surface area contributed by atoms with Gasteiger partial charge in [-0.25, -0.2) is 4.98 Å². The number of hydrogen-bond donors (Lipinski definition) is 0. The van der Waals surface area contributed by atoms with E-state index < -0.39 is 0 Å². The Hall–Kier alpha value is -3.13. The van der Waals surface area contributed by atoms with Gasteiger partial charge < -0.3 is 23.6 Å². The molecule has 1 fully saturated rings. The van der Waals surface area contributed by atoms with Gasteiger partial charge in [-0.15, -0.1) is 0 Å². The number of nitrogens with zero attached hydrogens (tertiary/aromatic N) is 5. The summed E-state index contributed by atoms with van der Waals surface area (Å²) in [6.45, 7) is 6.49. The van der Waals surface area contributed by atoms with Crippen LogP contribution in [-0.2, 0) is 16.7 Å². The molecule has 32 heavy (non-hydrogen) atoms. The predicted molar refractivity (Wildman–Crippen MR) is 120 cm³/mol. The fourth-order valence-corrected chi connectivity index (χ4v) is 5.26. The number of amides is 1. The lowest BCUT2D eigenvalue weighted by atomic mass is 9.89. The normalized spacial score (nSPS) is 19.5. The summed E-state index contributed by atoms with van der Waals surface area (Å²) >= 11 is 0. The standard InChI is InChI=1S/C24H29N5O3/c1-4-7-19-21(17(2)26-32-19)23(30)27-13-10-24(16-27)20-9-6-12-28(20)22-18(8-5-11-25-22)29(24)14-15-31-3/h5-6,8-9,11-12H,4,7,10,13-16H2,1-3H3/t24-/m1/s1. The van der Waals surface area contributed by atoms with Gasteiger partial charge in [0, 0.05) is 45.6 Å². The lowest BCUT2D eigenvalue weighted by Gasteiger charge is -2.47. The number of methoxy groups -OCH3 is 1. The Kier molecular flexibility index (Phi) is 5.25. The first-order valence-electron chi connectivity index (χ1n) is 11.2. The van der Waals surface area contributed by atoms with E-state index in [1.165, 1.54) is 0 Å². The number of carbonyl (C=O) groups excluding carboxylic acids is 1. The van der Waals surface area contributed by atoms with Gasteiger partial charge in [0.15, 0.2) is 5.82 Å². The zero-order valence-electron chi connectivity index (χ0n) is 18.9. The van der Waals surface area contributed by atoms with Gasteiger partial charge >= 0.3 is 0 Å². The van der Waals surface area contributed by atoms with E-state index in [1.807, 2.05) is 24.1 Å². The lowest BCUT2D eigenvalue weighted by molar-refractivity contribution is 0.0778. The molecule has 0 aliphatic carbocycles. The Morgan fingerprint density at radius 2 is 2.19 bits per heavy atom. The molecule has 0 saturated carbocycles. The van der Waals surface area contributed by atoms with Crippen LogP contribution in [0, 0.1) is 6.92 Å². The largest absolute Gasteiger partial charge is 0.383 e. The van der Waals surface area contributed by atoms with E-state index in [9.17, 15) is 4.79 Å². The number of carbonyl (C=O) groups is 1. The molecule has 1 spiro atoms. The molecule has 1 saturated heterocycles. The average Bonchev–Trinajstić information content (AvgIpc) is 3.53. The van der Waals surface area contributed by atoms with Gasteiger partial charge in [-0.2, -0.15) is 0 Å². The summed E-state index contributed by atoms with van der Waals surface area (Å²) in [4.78, 5) is 22.6. The van der Waals surface area contributed by atoms with Crippen LogP contribution in [0.3, 0.4) is 0 Å². The van der Waals surface area contributed by atoms with Gasteiger partial charge in [0.05, 0.1) is 23.7 Å². The second-order valence-corrected chi connectivity index (χ2v) is 8.58. The van der Waals surface area contributed by atoms with E-state index in [1.54, 1.807) is 7.11 Å². The number of rotatable bonds is 6. The van der Waals surface area contributed by atoms with Gasteiger partial charge in [-0.3, -0.25) is 4.79 Å². The van der Waals surface area contributed by atoms with Crippen molar-refractivity contribution in [1.82, 2.24) is 19.6 Å². The molecule has 0 N–H and O–H groups in total. The van der Waals surface area contributed by atoms with E-state index in [2.05, 4.69) is 50.9 Å². The number of ether oxygens (including phenoxy) is 1. The van der Waals surface area contributed by atoms with Gasteiger partial charge in [0.2, 0.25) is 0 Å². The third-order valence-electron chi connectivity index (χ3n) is 6.71. The van der Waals surface area contributed by atoms with Gasteiger partial charge in [0.1, 0.15) is 16.9 Å². The molecule has 1 atom stereocenters. The molecule has 2 aliphatic rings. The molecule has 0 aromatic carbocycles. The maximum Gasteiger partial charge on any atom is 0.259 e. The smallest absolute Gasteiger partial charge is 0.259 e. The first-order chi connectivity index (χ1) is 15.6. The third kappa shape index (κ3) is 3.04. The molecule has 5 heterocycles. The average molecular weight is 436 g/mol. The van der Waals surface area contributed by atoms with Crippen molar-refractivity contribution < 1.29 is 14.1 Å². The highest BCUT2D eigenvalue weighted by Crippen LogP contribution is 2.47. The van der Waals surface area contributed by atoms with E-state index >= 15 is 0 Å². The molecule has 0 radical (unpaired) electrons. The number of hydrogen-bond acceptors (Lipinski definition) is 6. The van der Waals surface area contributed by atoms with Crippen molar-refractivity contribution in [2.75, 3.05) is 38.3 Å². The van der Waals surface area contributed by atoms with Gasteiger partial charge in [-0.05, 0) is 44.0 Å². The number of likely N-dealkylation sites (tertiary alicyclic amines) is 1. The number of aromatic nitrogens is 3. The molecule has 8 heteroatoms. The molecule has 3 aromatic rings. The molecule has 3 aromatic heterocycles. The predicted octanol–water partition coefficient (Wildman–Crippen LogP) is 3.33. The third-order valence-corrected chi connectivity index (χ3v) is 6.71. The Morgan fingerprint density at radius 3 is 3.00 bits per heavy atom. The monoisotopic (exact) mass is 435 g/mol.